The highest BCUT2D eigenvalue weighted by Crippen LogP contribution is 2.30. The topological polar surface area (TPSA) is 64.9 Å². The fourth-order valence-corrected chi connectivity index (χ4v) is 1.04. The van der Waals surface area contributed by atoms with Gasteiger partial charge in [0.25, 0.3) is 0 Å². The van der Waals surface area contributed by atoms with E-state index in [0.717, 1.165) is 0 Å². The van der Waals surface area contributed by atoms with Crippen LogP contribution in [0.3, 0.4) is 0 Å². The highest BCUT2D eigenvalue weighted by molar-refractivity contribution is 5.03. The number of hydrogen-bond acceptors (Lipinski definition) is 4. The summed E-state index contributed by atoms with van der Waals surface area (Å²) < 4.78 is 5.19. The Balaban J connectivity index is 2.95. The molecule has 0 unspecified atom stereocenters. The maximum absolute atomic E-state index is 6.03. The van der Waals surface area contributed by atoms with Crippen LogP contribution in [-0.2, 0) is 5.41 Å². The first-order valence-corrected chi connectivity index (χ1v) is 5.22. The fraction of sp³-hybridized carbons (Fsp3) is 0.818. The average molecular weight is 211 g/mol. The van der Waals surface area contributed by atoms with Gasteiger partial charge in [0.15, 0.2) is 5.82 Å². The van der Waals surface area contributed by atoms with Gasteiger partial charge in [-0.3, -0.25) is 0 Å². The van der Waals surface area contributed by atoms with Crippen LogP contribution in [0, 0.1) is 5.41 Å². The van der Waals surface area contributed by atoms with Crippen molar-refractivity contribution < 1.29 is 4.52 Å². The molecule has 1 rings (SSSR count). The summed E-state index contributed by atoms with van der Waals surface area (Å²) >= 11 is 0. The molecule has 4 nitrogen and oxygen atoms in total. The van der Waals surface area contributed by atoms with Crippen LogP contribution < -0.4 is 5.73 Å². The van der Waals surface area contributed by atoms with Crippen molar-refractivity contribution in [2.75, 3.05) is 0 Å². The van der Waals surface area contributed by atoms with Crippen molar-refractivity contribution in [3.05, 3.63) is 11.7 Å². The van der Waals surface area contributed by atoms with E-state index in [1.54, 1.807) is 0 Å². The molecule has 1 aromatic heterocycles. The molecule has 4 heteroatoms. The molecule has 0 aliphatic carbocycles. The smallest absolute Gasteiger partial charge is 0.244 e. The Hall–Kier alpha value is -0.900. The minimum absolute atomic E-state index is 0.0678. The van der Waals surface area contributed by atoms with Gasteiger partial charge in [-0.15, -0.1) is 0 Å². The van der Waals surface area contributed by atoms with Crippen LogP contribution in [0.5, 0.6) is 0 Å². The molecule has 2 N–H and O–H groups in total. The third-order valence-electron chi connectivity index (χ3n) is 2.31. The van der Waals surface area contributed by atoms with Gasteiger partial charge < -0.3 is 10.3 Å². The van der Waals surface area contributed by atoms with E-state index in [0.29, 0.717) is 11.7 Å². The number of nitrogens with two attached hydrogens (primary N) is 1. The van der Waals surface area contributed by atoms with Crippen molar-refractivity contribution in [3.63, 3.8) is 0 Å². The summed E-state index contributed by atoms with van der Waals surface area (Å²) in [6.07, 6.45) is 0. The zero-order chi connectivity index (χ0) is 11.9. The Bertz CT molecular complexity index is 330. The summed E-state index contributed by atoms with van der Waals surface area (Å²) in [6.45, 7) is 12.3. The van der Waals surface area contributed by atoms with Crippen molar-refractivity contribution in [3.8, 4) is 0 Å². The van der Waals surface area contributed by atoms with E-state index in [9.17, 15) is 0 Å². The van der Waals surface area contributed by atoms with Gasteiger partial charge in [0.1, 0.15) is 0 Å². The van der Waals surface area contributed by atoms with Gasteiger partial charge in [0, 0.05) is 5.41 Å². The minimum atomic E-state index is -0.221. The zero-order valence-corrected chi connectivity index (χ0v) is 10.5. The monoisotopic (exact) mass is 211 g/mol. The molecular formula is C11H21N3O. The lowest BCUT2D eigenvalue weighted by Crippen LogP contribution is -2.26. The third-order valence-corrected chi connectivity index (χ3v) is 2.31. The number of hydrogen-bond donors (Lipinski definition) is 1. The molecule has 0 aromatic carbocycles. The van der Waals surface area contributed by atoms with E-state index in [1.807, 2.05) is 20.8 Å². The third kappa shape index (κ3) is 2.78. The Morgan fingerprint density at radius 3 is 2.00 bits per heavy atom. The molecule has 1 aromatic rings. The molecule has 15 heavy (non-hydrogen) atoms. The van der Waals surface area contributed by atoms with E-state index < -0.39 is 0 Å². The van der Waals surface area contributed by atoms with Crippen LogP contribution in [0.2, 0.25) is 0 Å². The maximum Gasteiger partial charge on any atom is 0.244 e. The predicted molar refractivity (Wildman–Crippen MR) is 59.4 cm³/mol. The van der Waals surface area contributed by atoms with Gasteiger partial charge in [0.2, 0.25) is 5.89 Å². The van der Waals surface area contributed by atoms with Crippen molar-refractivity contribution in [2.45, 2.75) is 53.0 Å². The number of rotatable bonds is 1. The zero-order valence-electron chi connectivity index (χ0n) is 10.5. The van der Waals surface area contributed by atoms with Crippen molar-refractivity contribution in [1.29, 1.82) is 0 Å². The first-order chi connectivity index (χ1) is 6.62. The predicted octanol–water partition coefficient (Wildman–Crippen LogP) is 2.41. The van der Waals surface area contributed by atoms with Crippen LogP contribution >= 0.6 is 0 Å². The normalized spacial score (nSPS) is 15.4. The quantitative estimate of drug-likeness (QED) is 0.774. The first kappa shape index (κ1) is 12.2. The highest BCUT2D eigenvalue weighted by atomic mass is 16.5. The van der Waals surface area contributed by atoms with Crippen LogP contribution in [0.1, 0.15) is 59.3 Å². The van der Waals surface area contributed by atoms with Gasteiger partial charge in [-0.2, -0.15) is 4.98 Å². The molecule has 86 valence electrons. The second kappa shape index (κ2) is 3.59. The molecule has 0 amide bonds. The molecule has 0 saturated heterocycles. The SMILES string of the molecule is CC(C)(C)c1noc([C@@H](N)C(C)(C)C)n1. The van der Waals surface area contributed by atoms with E-state index in [-0.39, 0.29) is 16.9 Å². The first-order valence-electron chi connectivity index (χ1n) is 5.22. The molecule has 0 fully saturated rings. The molecule has 0 aliphatic rings. The van der Waals surface area contributed by atoms with Crippen molar-refractivity contribution in [1.82, 2.24) is 10.1 Å². The summed E-state index contributed by atoms with van der Waals surface area (Å²) in [6, 6.07) is -0.221. The van der Waals surface area contributed by atoms with Gasteiger partial charge in [-0.1, -0.05) is 46.7 Å². The molecule has 0 spiro atoms. The van der Waals surface area contributed by atoms with E-state index in [4.69, 9.17) is 10.3 Å². The van der Waals surface area contributed by atoms with E-state index >= 15 is 0 Å². The summed E-state index contributed by atoms with van der Waals surface area (Å²) in [5, 5.41) is 3.96. The second-order valence-electron chi connectivity index (χ2n) is 6.05. The van der Waals surface area contributed by atoms with Crippen LogP contribution in [0.15, 0.2) is 4.52 Å². The molecule has 0 saturated carbocycles. The molecular weight excluding hydrogens is 190 g/mol. The number of nitrogens with zero attached hydrogens (tertiary/aromatic N) is 2. The Kier molecular flexibility index (Phi) is 2.92. The summed E-state index contributed by atoms with van der Waals surface area (Å²) in [5.74, 6) is 1.23. The average Bonchev–Trinajstić information content (AvgIpc) is 2.47. The molecule has 1 atom stereocenters. The minimum Gasteiger partial charge on any atom is -0.338 e. The van der Waals surface area contributed by atoms with Gasteiger partial charge >= 0.3 is 0 Å². The van der Waals surface area contributed by atoms with E-state index in [2.05, 4.69) is 30.9 Å². The van der Waals surface area contributed by atoms with Crippen LogP contribution in [-0.4, -0.2) is 10.1 Å². The van der Waals surface area contributed by atoms with Gasteiger partial charge in [-0.05, 0) is 5.41 Å². The second-order valence-corrected chi connectivity index (χ2v) is 6.05. The molecule has 0 radical (unpaired) electrons. The number of aromatic nitrogens is 2. The van der Waals surface area contributed by atoms with Crippen LogP contribution in [0.25, 0.3) is 0 Å². The lowest BCUT2D eigenvalue weighted by molar-refractivity contribution is 0.251. The van der Waals surface area contributed by atoms with E-state index in [1.165, 1.54) is 0 Å². The Labute approximate surface area is 91.2 Å². The standard InChI is InChI=1S/C11H21N3O/c1-10(2,3)7(12)8-13-9(14-15-8)11(4,5)6/h7H,12H2,1-6H3/t7-/m1/s1. The van der Waals surface area contributed by atoms with Crippen molar-refractivity contribution >= 4 is 0 Å². The Morgan fingerprint density at radius 2 is 1.67 bits per heavy atom. The molecule has 1 heterocycles. The van der Waals surface area contributed by atoms with Crippen LogP contribution in [0.4, 0.5) is 0 Å². The Morgan fingerprint density at radius 1 is 1.13 bits per heavy atom. The largest absolute Gasteiger partial charge is 0.338 e. The lowest BCUT2D eigenvalue weighted by atomic mass is 9.87. The molecule has 0 aliphatic heterocycles. The van der Waals surface area contributed by atoms with Crippen molar-refractivity contribution in [2.24, 2.45) is 11.1 Å². The molecule has 0 bridgehead atoms. The van der Waals surface area contributed by atoms with Gasteiger partial charge in [-0.25, -0.2) is 0 Å². The summed E-state index contributed by atoms with van der Waals surface area (Å²) in [7, 11) is 0. The van der Waals surface area contributed by atoms with Gasteiger partial charge in [0.05, 0.1) is 6.04 Å². The summed E-state index contributed by atoms with van der Waals surface area (Å²) in [5.41, 5.74) is 5.87. The fourth-order valence-electron chi connectivity index (χ4n) is 1.04. The summed E-state index contributed by atoms with van der Waals surface area (Å²) in [4.78, 5) is 4.35. The lowest BCUT2D eigenvalue weighted by Gasteiger charge is -2.23. The highest BCUT2D eigenvalue weighted by Gasteiger charge is 2.29. The maximum atomic E-state index is 6.03.